The molecule has 1 unspecified atom stereocenters. The summed E-state index contributed by atoms with van der Waals surface area (Å²) in [4.78, 5) is 28.6. The number of amides is 2. The highest BCUT2D eigenvalue weighted by Gasteiger charge is 2.35. The standard InChI is InChI=1S/C30H37N7O2/c31-29(32)26-7-4-8-28(15-26)37-19-25(22-39-21-24-5-2-1-3-6-24)18-36(30(37)38)17-23-9-13-35(14-10-23)20-27-16-33-11-12-34-27/h1-8,11-12,15-16,23,25H,9-10,13-14,17-22H2,(H3,31,32). The van der Waals surface area contributed by atoms with Crippen molar-refractivity contribution < 1.29 is 9.53 Å². The first kappa shape index (κ1) is 26.8. The van der Waals surface area contributed by atoms with Crippen molar-refractivity contribution in [3.63, 3.8) is 0 Å². The minimum atomic E-state index is -0.00541. The van der Waals surface area contributed by atoms with Gasteiger partial charge in [-0.15, -0.1) is 0 Å². The molecule has 0 radical (unpaired) electrons. The van der Waals surface area contributed by atoms with Crippen molar-refractivity contribution in [3.8, 4) is 0 Å². The summed E-state index contributed by atoms with van der Waals surface area (Å²) in [6, 6.07) is 17.6. The van der Waals surface area contributed by atoms with E-state index in [9.17, 15) is 4.79 Å². The van der Waals surface area contributed by atoms with Gasteiger partial charge in [-0.05, 0) is 49.5 Å². The van der Waals surface area contributed by atoms with Crippen LogP contribution in [0.1, 0.15) is 29.7 Å². The van der Waals surface area contributed by atoms with Gasteiger partial charge in [0.05, 0.1) is 18.9 Å². The van der Waals surface area contributed by atoms with Crippen LogP contribution in [0.15, 0.2) is 73.2 Å². The first-order valence-corrected chi connectivity index (χ1v) is 13.6. The van der Waals surface area contributed by atoms with E-state index in [1.807, 2.05) is 52.4 Å². The average molecular weight is 528 g/mol. The molecule has 3 N–H and O–H groups in total. The smallest absolute Gasteiger partial charge is 0.324 e. The number of aromatic nitrogens is 2. The lowest BCUT2D eigenvalue weighted by molar-refractivity contribution is 0.0643. The normalized spacial score (nSPS) is 18.9. The molecule has 0 bridgehead atoms. The molecule has 39 heavy (non-hydrogen) atoms. The summed E-state index contributed by atoms with van der Waals surface area (Å²) in [5, 5.41) is 7.84. The van der Waals surface area contributed by atoms with Gasteiger partial charge in [-0.25, -0.2) is 4.79 Å². The van der Waals surface area contributed by atoms with Crippen LogP contribution in [0.2, 0.25) is 0 Å². The number of piperidine rings is 1. The van der Waals surface area contributed by atoms with Crippen molar-refractivity contribution in [1.82, 2.24) is 19.8 Å². The molecule has 2 amide bonds. The summed E-state index contributed by atoms with van der Waals surface area (Å²) in [5.74, 6) is 0.611. The monoisotopic (exact) mass is 527 g/mol. The molecule has 1 aromatic heterocycles. The van der Waals surface area contributed by atoms with Gasteiger partial charge in [-0.3, -0.25) is 25.2 Å². The number of nitrogens with zero attached hydrogens (tertiary/aromatic N) is 5. The van der Waals surface area contributed by atoms with Crippen LogP contribution < -0.4 is 10.6 Å². The second-order valence-corrected chi connectivity index (χ2v) is 10.5. The molecular formula is C30H37N7O2. The number of nitrogens with two attached hydrogens (primary N) is 1. The Morgan fingerprint density at radius 2 is 1.85 bits per heavy atom. The van der Waals surface area contributed by atoms with Crippen molar-refractivity contribution in [2.45, 2.75) is 26.0 Å². The SMILES string of the molecule is N=C(N)c1cccc(N2CC(COCc3ccccc3)CN(CC3CCN(Cc4cnccn4)CC3)C2=O)c1. The van der Waals surface area contributed by atoms with Crippen molar-refractivity contribution in [2.75, 3.05) is 44.2 Å². The number of anilines is 1. The van der Waals surface area contributed by atoms with Gasteiger partial charge in [0.25, 0.3) is 0 Å². The lowest BCUT2D eigenvalue weighted by atomic mass is 9.95. The third kappa shape index (κ3) is 7.19. The maximum atomic E-state index is 13.7. The van der Waals surface area contributed by atoms with E-state index >= 15 is 0 Å². The molecule has 9 heteroatoms. The van der Waals surface area contributed by atoms with Crippen LogP contribution >= 0.6 is 0 Å². The van der Waals surface area contributed by atoms with E-state index in [1.54, 1.807) is 18.5 Å². The van der Waals surface area contributed by atoms with Crippen LogP contribution in [0.5, 0.6) is 0 Å². The van der Waals surface area contributed by atoms with Crippen LogP contribution in [0.25, 0.3) is 0 Å². The van der Waals surface area contributed by atoms with E-state index in [0.29, 0.717) is 37.8 Å². The predicted molar refractivity (Wildman–Crippen MR) is 151 cm³/mol. The molecular weight excluding hydrogens is 490 g/mol. The molecule has 9 nitrogen and oxygen atoms in total. The third-order valence-electron chi connectivity index (χ3n) is 7.54. The Hall–Kier alpha value is -3.82. The molecule has 2 aliphatic heterocycles. The number of nitrogens with one attached hydrogen (secondary N) is 1. The number of carbonyl (C=O) groups is 1. The molecule has 2 fully saturated rings. The Labute approximate surface area is 230 Å². The maximum Gasteiger partial charge on any atom is 0.324 e. The van der Waals surface area contributed by atoms with Crippen molar-refractivity contribution >= 4 is 17.6 Å². The highest BCUT2D eigenvalue weighted by molar-refractivity contribution is 5.98. The summed E-state index contributed by atoms with van der Waals surface area (Å²) in [5.41, 5.74) is 9.26. The highest BCUT2D eigenvalue weighted by Crippen LogP contribution is 2.27. The molecule has 0 aliphatic carbocycles. The number of carbonyl (C=O) groups excluding carboxylic acids is 1. The number of likely N-dealkylation sites (tertiary alicyclic amines) is 1. The second-order valence-electron chi connectivity index (χ2n) is 10.5. The Balaban J connectivity index is 1.23. The van der Waals surface area contributed by atoms with Gasteiger partial charge in [0.1, 0.15) is 5.84 Å². The zero-order chi connectivity index (χ0) is 27.0. The third-order valence-corrected chi connectivity index (χ3v) is 7.54. The summed E-state index contributed by atoms with van der Waals surface area (Å²) in [6.45, 7) is 5.88. The van der Waals surface area contributed by atoms with E-state index in [4.69, 9.17) is 15.9 Å². The number of amidine groups is 1. The average Bonchev–Trinajstić information content (AvgIpc) is 2.97. The van der Waals surface area contributed by atoms with Crippen molar-refractivity contribution in [3.05, 3.63) is 90.0 Å². The molecule has 3 aromatic rings. The predicted octanol–water partition coefficient (Wildman–Crippen LogP) is 3.75. The fourth-order valence-electron chi connectivity index (χ4n) is 5.47. The lowest BCUT2D eigenvalue weighted by Gasteiger charge is -2.42. The summed E-state index contributed by atoms with van der Waals surface area (Å²) < 4.78 is 6.11. The highest BCUT2D eigenvalue weighted by atomic mass is 16.5. The number of rotatable bonds is 10. The summed E-state index contributed by atoms with van der Waals surface area (Å²) in [6.07, 6.45) is 7.35. The number of hydrogen-bond donors (Lipinski definition) is 2. The number of benzene rings is 2. The van der Waals surface area contributed by atoms with Gasteiger partial charge in [0, 0.05) is 61.9 Å². The van der Waals surface area contributed by atoms with Gasteiger partial charge in [-0.2, -0.15) is 0 Å². The first-order chi connectivity index (χ1) is 19.0. The van der Waals surface area contributed by atoms with Crippen LogP contribution in [0.4, 0.5) is 10.5 Å². The topological polar surface area (TPSA) is 112 Å². The van der Waals surface area contributed by atoms with Crippen molar-refractivity contribution in [2.24, 2.45) is 17.6 Å². The molecule has 0 saturated carbocycles. The van der Waals surface area contributed by atoms with Crippen LogP contribution in [-0.2, 0) is 17.9 Å². The molecule has 2 aliphatic rings. The van der Waals surface area contributed by atoms with E-state index in [0.717, 1.165) is 56.0 Å². The quantitative estimate of drug-likeness (QED) is 0.307. The molecule has 0 spiro atoms. The number of nitrogen functional groups attached to an aromatic ring is 1. The Bertz CT molecular complexity index is 1230. The summed E-state index contributed by atoms with van der Waals surface area (Å²) in [7, 11) is 0. The maximum absolute atomic E-state index is 13.7. The van der Waals surface area contributed by atoms with Gasteiger partial charge in [0.15, 0.2) is 0 Å². The Morgan fingerprint density at radius 3 is 2.59 bits per heavy atom. The zero-order valence-electron chi connectivity index (χ0n) is 22.3. The Kier molecular flexibility index (Phi) is 8.80. The zero-order valence-corrected chi connectivity index (χ0v) is 22.3. The van der Waals surface area contributed by atoms with Gasteiger partial charge >= 0.3 is 6.03 Å². The minimum Gasteiger partial charge on any atom is -0.384 e. The number of urea groups is 1. The molecule has 3 heterocycles. The largest absolute Gasteiger partial charge is 0.384 e. The minimum absolute atomic E-state index is 0.00541. The second kappa shape index (κ2) is 12.8. The molecule has 1 atom stereocenters. The van der Waals surface area contributed by atoms with E-state index in [2.05, 4.69) is 27.0 Å². The van der Waals surface area contributed by atoms with Gasteiger partial charge < -0.3 is 15.4 Å². The van der Waals surface area contributed by atoms with Crippen LogP contribution in [0.3, 0.4) is 0 Å². The molecule has 2 saturated heterocycles. The molecule has 5 rings (SSSR count). The Morgan fingerprint density at radius 1 is 1.03 bits per heavy atom. The van der Waals surface area contributed by atoms with Gasteiger partial charge in [0.2, 0.25) is 0 Å². The fraction of sp³-hybridized carbons (Fsp3) is 0.400. The fourth-order valence-corrected chi connectivity index (χ4v) is 5.47. The lowest BCUT2D eigenvalue weighted by Crippen LogP contribution is -2.56. The first-order valence-electron chi connectivity index (χ1n) is 13.6. The number of ether oxygens (including phenoxy) is 1. The van der Waals surface area contributed by atoms with Crippen LogP contribution in [-0.4, -0.2) is 71.0 Å². The van der Waals surface area contributed by atoms with E-state index < -0.39 is 0 Å². The van der Waals surface area contributed by atoms with E-state index in [-0.39, 0.29) is 17.8 Å². The van der Waals surface area contributed by atoms with Crippen LogP contribution in [0, 0.1) is 17.2 Å². The molecule has 204 valence electrons. The van der Waals surface area contributed by atoms with Crippen molar-refractivity contribution in [1.29, 1.82) is 5.41 Å². The summed E-state index contributed by atoms with van der Waals surface area (Å²) >= 11 is 0. The number of hydrogen-bond acceptors (Lipinski definition) is 6. The molecule has 2 aromatic carbocycles. The van der Waals surface area contributed by atoms with E-state index in [1.165, 1.54) is 0 Å². The van der Waals surface area contributed by atoms with Gasteiger partial charge in [-0.1, -0.05) is 42.5 Å².